The number of benzene rings is 1. The van der Waals surface area contributed by atoms with Crippen LogP contribution in [-0.4, -0.2) is 7.05 Å². The first-order valence-electron chi connectivity index (χ1n) is 6.09. The summed E-state index contributed by atoms with van der Waals surface area (Å²) in [6.07, 6.45) is 0.900. The molecule has 2 nitrogen and oxygen atoms in total. The molecule has 3 heteroatoms. The predicted octanol–water partition coefficient (Wildman–Crippen LogP) is 4.05. The smallest absolute Gasteiger partial charge is 0.105 e. The van der Waals surface area contributed by atoms with Gasteiger partial charge in [-0.05, 0) is 51.1 Å². The maximum Gasteiger partial charge on any atom is 0.105 e. The van der Waals surface area contributed by atoms with Gasteiger partial charge in [0.2, 0.25) is 0 Å². The van der Waals surface area contributed by atoms with Crippen molar-refractivity contribution in [2.45, 2.75) is 26.3 Å². The Morgan fingerprint density at radius 3 is 2.61 bits per heavy atom. The van der Waals surface area contributed by atoms with E-state index in [4.69, 9.17) is 16.0 Å². The molecule has 0 spiro atoms. The summed E-state index contributed by atoms with van der Waals surface area (Å²) < 4.78 is 5.59. The van der Waals surface area contributed by atoms with Crippen molar-refractivity contribution in [1.82, 2.24) is 5.32 Å². The lowest BCUT2D eigenvalue weighted by atomic mass is 9.99. The minimum atomic E-state index is 0.251. The highest BCUT2D eigenvalue weighted by Crippen LogP contribution is 2.25. The summed E-state index contributed by atoms with van der Waals surface area (Å²) >= 11 is 6.01. The van der Waals surface area contributed by atoms with Crippen LogP contribution in [0.4, 0.5) is 0 Å². The molecule has 0 aliphatic rings. The number of likely N-dealkylation sites (N-methyl/N-ethyl adjacent to an activating group) is 1. The van der Waals surface area contributed by atoms with Gasteiger partial charge in [0.1, 0.15) is 11.5 Å². The van der Waals surface area contributed by atoms with Crippen LogP contribution >= 0.6 is 11.6 Å². The Morgan fingerprint density at radius 1 is 1.28 bits per heavy atom. The van der Waals surface area contributed by atoms with Crippen LogP contribution in [0.1, 0.15) is 28.7 Å². The lowest BCUT2D eigenvalue weighted by Crippen LogP contribution is -2.19. The Kier molecular flexibility index (Phi) is 4.10. The molecule has 1 unspecified atom stereocenters. The second-order valence-corrected chi connectivity index (χ2v) is 4.98. The van der Waals surface area contributed by atoms with Gasteiger partial charge in [0, 0.05) is 16.6 Å². The van der Waals surface area contributed by atoms with E-state index in [1.165, 1.54) is 11.1 Å². The van der Waals surface area contributed by atoms with Crippen LogP contribution in [-0.2, 0) is 6.42 Å². The van der Waals surface area contributed by atoms with Gasteiger partial charge in [-0.15, -0.1) is 0 Å². The van der Waals surface area contributed by atoms with Crippen LogP contribution < -0.4 is 5.32 Å². The fourth-order valence-corrected chi connectivity index (χ4v) is 2.48. The van der Waals surface area contributed by atoms with Crippen LogP contribution in [0.3, 0.4) is 0 Å². The fourth-order valence-electron chi connectivity index (χ4n) is 2.26. The van der Waals surface area contributed by atoms with E-state index in [9.17, 15) is 0 Å². The number of rotatable bonds is 4. The molecule has 1 N–H and O–H groups in total. The molecule has 2 aromatic rings. The van der Waals surface area contributed by atoms with Gasteiger partial charge in [0.15, 0.2) is 0 Å². The van der Waals surface area contributed by atoms with E-state index in [-0.39, 0.29) is 6.04 Å². The topological polar surface area (TPSA) is 25.2 Å². The molecular weight excluding hydrogens is 246 g/mol. The molecule has 96 valence electrons. The van der Waals surface area contributed by atoms with Gasteiger partial charge in [-0.1, -0.05) is 23.7 Å². The number of hydrogen-bond donors (Lipinski definition) is 1. The second-order valence-electron chi connectivity index (χ2n) is 4.54. The monoisotopic (exact) mass is 263 g/mol. The van der Waals surface area contributed by atoms with Gasteiger partial charge in [-0.2, -0.15) is 0 Å². The Hall–Kier alpha value is -1.25. The number of halogens is 1. The van der Waals surface area contributed by atoms with Gasteiger partial charge < -0.3 is 9.73 Å². The summed E-state index contributed by atoms with van der Waals surface area (Å²) in [4.78, 5) is 0. The van der Waals surface area contributed by atoms with Crippen LogP contribution in [0.2, 0.25) is 5.02 Å². The third-order valence-electron chi connectivity index (χ3n) is 3.13. The van der Waals surface area contributed by atoms with E-state index in [1.54, 1.807) is 0 Å². The number of nitrogens with one attached hydrogen (secondary N) is 1. The van der Waals surface area contributed by atoms with E-state index in [0.29, 0.717) is 0 Å². The molecule has 18 heavy (non-hydrogen) atoms. The van der Waals surface area contributed by atoms with Crippen LogP contribution in [0.25, 0.3) is 0 Å². The molecule has 2 rings (SSSR count). The van der Waals surface area contributed by atoms with Gasteiger partial charge in [-0.25, -0.2) is 0 Å². The Balaban J connectivity index is 2.22. The average Bonchev–Trinajstić information content (AvgIpc) is 2.65. The Morgan fingerprint density at radius 2 is 2.06 bits per heavy atom. The van der Waals surface area contributed by atoms with E-state index in [0.717, 1.165) is 23.0 Å². The van der Waals surface area contributed by atoms with Crippen LogP contribution in [0, 0.1) is 13.8 Å². The highest BCUT2D eigenvalue weighted by molar-refractivity contribution is 6.30. The first-order chi connectivity index (χ1) is 8.60. The highest BCUT2D eigenvalue weighted by Gasteiger charge is 2.16. The summed E-state index contributed by atoms with van der Waals surface area (Å²) in [6.45, 7) is 3.98. The van der Waals surface area contributed by atoms with Crippen LogP contribution in [0.15, 0.2) is 34.7 Å². The molecule has 1 aromatic carbocycles. The Labute approximate surface area is 113 Å². The summed E-state index contributed by atoms with van der Waals surface area (Å²) in [5.41, 5.74) is 2.44. The minimum absolute atomic E-state index is 0.251. The van der Waals surface area contributed by atoms with Crippen molar-refractivity contribution >= 4 is 11.6 Å². The molecule has 0 aliphatic carbocycles. The lowest BCUT2D eigenvalue weighted by molar-refractivity contribution is 0.490. The summed E-state index contributed by atoms with van der Waals surface area (Å²) in [5.74, 6) is 1.93. The molecule has 0 radical (unpaired) electrons. The third-order valence-corrected chi connectivity index (χ3v) is 3.37. The molecule has 0 saturated heterocycles. The van der Waals surface area contributed by atoms with E-state index in [2.05, 4.69) is 17.4 Å². The average molecular weight is 264 g/mol. The Bertz CT molecular complexity index is 533. The van der Waals surface area contributed by atoms with Crippen molar-refractivity contribution in [3.8, 4) is 0 Å². The first kappa shape index (κ1) is 13.2. The molecule has 1 heterocycles. The van der Waals surface area contributed by atoms with Gasteiger partial charge in [0.25, 0.3) is 0 Å². The summed E-state index contributed by atoms with van der Waals surface area (Å²) in [5, 5.41) is 4.12. The SMILES string of the molecule is CNC(Cc1cccc(Cl)c1)c1cc(C)oc1C. The van der Waals surface area contributed by atoms with E-state index in [1.807, 2.05) is 39.1 Å². The largest absolute Gasteiger partial charge is 0.466 e. The van der Waals surface area contributed by atoms with Crippen molar-refractivity contribution in [3.63, 3.8) is 0 Å². The second kappa shape index (κ2) is 5.59. The molecule has 0 amide bonds. The zero-order chi connectivity index (χ0) is 13.1. The van der Waals surface area contributed by atoms with Crippen molar-refractivity contribution in [2.75, 3.05) is 7.05 Å². The highest BCUT2D eigenvalue weighted by atomic mass is 35.5. The van der Waals surface area contributed by atoms with Crippen molar-refractivity contribution in [1.29, 1.82) is 0 Å². The summed E-state index contributed by atoms with van der Waals surface area (Å²) in [6, 6.07) is 10.3. The van der Waals surface area contributed by atoms with E-state index < -0.39 is 0 Å². The normalized spacial score (nSPS) is 12.7. The zero-order valence-corrected chi connectivity index (χ0v) is 11.7. The van der Waals surface area contributed by atoms with Gasteiger partial charge in [0.05, 0.1) is 0 Å². The molecule has 0 aliphatic heterocycles. The predicted molar refractivity (Wildman–Crippen MR) is 75.1 cm³/mol. The molecule has 1 aromatic heterocycles. The quantitative estimate of drug-likeness (QED) is 0.900. The van der Waals surface area contributed by atoms with Crippen molar-refractivity contribution in [3.05, 3.63) is 58.0 Å². The van der Waals surface area contributed by atoms with Gasteiger partial charge in [-0.3, -0.25) is 0 Å². The number of hydrogen-bond acceptors (Lipinski definition) is 2. The van der Waals surface area contributed by atoms with Crippen molar-refractivity contribution < 1.29 is 4.42 Å². The van der Waals surface area contributed by atoms with E-state index >= 15 is 0 Å². The standard InChI is InChI=1S/C15H18ClNO/c1-10-7-14(11(2)18-10)15(17-3)9-12-5-4-6-13(16)8-12/h4-8,15,17H,9H2,1-3H3. The minimum Gasteiger partial charge on any atom is -0.466 e. The molecule has 0 fully saturated rings. The first-order valence-corrected chi connectivity index (χ1v) is 6.46. The third kappa shape index (κ3) is 2.95. The maximum absolute atomic E-state index is 6.01. The lowest BCUT2D eigenvalue weighted by Gasteiger charge is -2.15. The van der Waals surface area contributed by atoms with Crippen LogP contribution in [0.5, 0.6) is 0 Å². The zero-order valence-electron chi connectivity index (χ0n) is 11.0. The maximum atomic E-state index is 6.01. The molecule has 0 bridgehead atoms. The number of aryl methyl sites for hydroxylation is 2. The number of furan rings is 1. The molecular formula is C15H18ClNO. The molecule has 1 atom stereocenters. The molecule has 0 saturated carbocycles. The summed E-state index contributed by atoms with van der Waals surface area (Å²) in [7, 11) is 1.97. The fraction of sp³-hybridized carbons (Fsp3) is 0.333. The van der Waals surface area contributed by atoms with Gasteiger partial charge >= 0.3 is 0 Å². The van der Waals surface area contributed by atoms with Crippen molar-refractivity contribution in [2.24, 2.45) is 0 Å².